The summed E-state index contributed by atoms with van der Waals surface area (Å²) in [7, 11) is 1.91. The first-order valence-corrected chi connectivity index (χ1v) is 15.2. The van der Waals surface area contributed by atoms with Gasteiger partial charge in [-0.2, -0.15) is 18.2 Å². The van der Waals surface area contributed by atoms with Crippen LogP contribution in [-0.4, -0.2) is 42.8 Å². The van der Waals surface area contributed by atoms with Crippen molar-refractivity contribution in [1.82, 2.24) is 15.3 Å². The highest BCUT2D eigenvalue weighted by Crippen LogP contribution is 2.44. The van der Waals surface area contributed by atoms with Crippen molar-refractivity contribution >= 4 is 35.8 Å². The first kappa shape index (κ1) is 34.1. The summed E-state index contributed by atoms with van der Waals surface area (Å²) in [6, 6.07) is 20.5. The van der Waals surface area contributed by atoms with Crippen LogP contribution in [0.15, 0.2) is 79.0 Å². The smallest absolute Gasteiger partial charge is 0.369 e. The van der Waals surface area contributed by atoms with Crippen molar-refractivity contribution in [1.29, 1.82) is 0 Å². The Labute approximate surface area is 267 Å². The standard InChI is InChI=1S/C34H37F3N6O.CH2O/c1-23-8-5-11-28(20-23)42-32-40-22-29(30(43-32)39-19-7-18-38-2)24-12-14-27(15-13-24)41-31(44)33(16-3-4-17-33)25-9-6-10-26(21-25)34(35,36)37;1-2/h5-6,8-15,20-22,38H,3-4,7,16-19H2,1-2H3,(H,41,44)(H2,39,40,42,43);1H2. The summed E-state index contributed by atoms with van der Waals surface area (Å²) < 4.78 is 40.4. The Balaban J connectivity index is 0.00000235. The number of carbonyl (C=O) groups excluding carboxylic acids is 2. The molecule has 0 unspecified atom stereocenters. The molecule has 1 amide bonds. The van der Waals surface area contributed by atoms with Gasteiger partial charge in [0, 0.05) is 29.7 Å². The van der Waals surface area contributed by atoms with Gasteiger partial charge in [0.15, 0.2) is 0 Å². The van der Waals surface area contributed by atoms with Crippen LogP contribution < -0.4 is 21.3 Å². The minimum atomic E-state index is -4.47. The van der Waals surface area contributed by atoms with Crippen LogP contribution in [0.3, 0.4) is 0 Å². The summed E-state index contributed by atoms with van der Waals surface area (Å²) in [6.45, 7) is 5.59. The molecule has 11 heteroatoms. The topological polar surface area (TPSA) is 108 Å². The molecule has 46 heavy (non-hydrogen) atoms. The summed E-state index contributed by atoms with van der Waals surface area (Å²) in [5, 5.41) is 12.8. The number of aryl methyl sites for hydroxylation is 1. The molecule has 4 aromatic rings. The monoisotopic (exact) mass is 632 g/mol. The molecule has 0 atom stereocenters. The van der Waals surface area contributed by atoms with Gasteiger partial charge in [0.1, 0.15) is 12.6 Å². The number of amides is 1. The van der Waals surface area contributed by atoms with Gasteiger partial charge in [-0.3, -0.25) is 4.79 Å². The third-order valence-electron chi connectivity index (χ3n) is 8.05. The van der Waals surface area contributed by atoms with Crippen molar-refractivity contribution in [3.63, 3.8) is 0 Å². The Bertz CT molecular complexity index is 1600. The lowest BCUT2D eigenvalue weighted by Gasteiger charge is -2.29. The van der Waals surface area contributed by atoms with Crippen LogP contribution >= 0.6 is 0 Å². The zero-order valence-corrected chi connectivity index (χ0v) is 26.0. The van der Waals surface area contributed by atoms with Crippen molar-refractivity contribution < 1.29 is 22.8 Å². The molecule has 1 fully saturated rings. The highest BCUT2D eigenvalue weighted by molar-refractivity contribution is 5.99. The number of benzene rings is 3. The fraction of sp³-hybridized carbons (Fsp3) is 0.314. The number of alkyl halides is 3. The van der Waals surface area contributed by atoms with Gasteiger partial charge in [0.25, 0.3) is 0 Å². The van der Waals surface area contributed by atoms with Crippen LogP contribution in [0.4, 0.5) is 36.3 Å². The van der Waals surface area contributed by atoms with Gasteiger partial charge >= 0.3 is 6.18 Å². The summed E-state index contributed by atoms with van der Waals surface area (Å²) in [6.07, 6.45) is 0.756. The van der Waals surface area contributed by atoms with Crippen molar-refractivity contribution in [3.05, 3.63) is 95.7 Å². The van der Waals surface area contributed by atoms with E-state index in [1.807, 2.05) is 57.2 Å². The number of nitrogens with one attached hydrogen (secondary N) is 4. The molecule has 8 nitrogen and oxygen atoms in total. The van der Waals surface area contributed by atoms with Gasteiger partial charge in [-0.1, -0.05) is 55.3 Å². The Morgan fingerprint density at radius 3 is 2.33 bits per heavy atom. The fourth-order valence-electron chi connectivity index (χ4n) is 5.71. The van der Waals surface area contributed by atoms with E-state index in [4.69, 9.17) is 9.78 Å². The molecule has 0 saturated heterocycles. The summed E-state index contributed by atoms with van der Waals surface area (Å²) in [4.78, 5) is 31.0. The number of hydrogen-bond acceptors (Lipinski definition) is 7. The van der Waals surface area contributed by atoms with Crippen LogP contribution in [0, 0.1) is 6.92 Å². The van der Waals surface area contributed by atoms with E-state index < -0.39 is 17.2 Å². The van der Waals surface area contributed by atoms with Gasteiger partial charge in [0.2, 0.25) is 11.9 Å². The molecule has 1 heterocycles. The Hall–Kier alpha value is -4.77. The molecule has 0 aliphatic heterocycles. The van der Waals surface area contributed by atoms with E-state index >= 15 is 0 Å². The molecule has 5 rings (SSSR count). The zero-order valence-electron chi connectivity index (χ0n) is 26.0. The van der Waals surface area contributed by atoms with Crippen molar-refractivity contribution in [2.24, 2.45) is 0 Å². The summed E-state index contributed by atoms with van der Waals surface area (Å²) in [5.74, 6) is 0.858. The van der Waals surface area contributed by atoms with Crippen LogP contribution in [0.1, 0.15) is 48.8 Å². The maximum atomic E-state index is 13.7. The lowest BCUT2D eigenvalue weighted by molar-refractivity contribution is -0.137. The predicted octanol–water partition coefficient (Wildman–Crippen LogP) is 7.50. The van der Waals surface area contributed by atoms with E-state index in [0.29, 0.717) is 42.4 Å². The van der Waals surface area contributed by atoms with E-state index in [9.17, 15) is 18.0 Å². The summed E-state index contributed by atoms with van der Waals surface area (Å²) >= 11 is 0. The molecule has 0 bridgehead atoms. The van der Waals surface area contributed by atoms with Crippen LogP contribution in [-0.2, 0) is 21.2 Å². The van der Waals surface area contributed by atoms with Crippen LogP contribution in [0.25, 0.3) is 11.1 Å². The summed E-state index contributed by atoms with van der Waals surface area (Å²) in [5.41, 5.74) is 2.91. The number of aromatic nitrogens is 2. The van der Waals surface area contributed by atoms with E-state index in [1.54, 1.807) is 24.4 Å². The molecule has 242 valence electrons. The van der Waals surface area contributed by atoms with Gasteiger partial charge in [-0.25, -0.2) is 4.98 Å². The van der Waals surface area contributed by atoms with Gasteiger partial charge in [-0.05, 0) is 86.8 Å². The quantitative estimate of drug-likeness (QED) is 0.127. The van der Waals surface area contributed by atoms with Crippen LogP contribution in [0.5, 0.6) is 0 Å². The third-order valence-corrected chi connectivity index (χ3v) is 8.05. The second kappa shape index (κ2) is 15.5. The minimum absolute atomic E-state index is 0.288. The van der Waals surface area contributed by atoms with Crippen molar-refractivity contribution in [3.8, 4) is 11.1 Å². The number of nitrogens with zero attached hydrogens (tertiary/aromatic N) is 2. The fourth-order valence-corrected chi connectivity index (χ4v) is 5.71. The number of anilines is 4. The molecule has 1 aliphatic carbocycles. The van der Waals surface area contributed by atoms with E-state index in [1.165, 1.54) is 6.07 Å². The number of halogens is 3. The molecule has 0 spiro atoms. The zero-order chi connectivity index (χ0) is 33.2. The van der Waals surface area contributed by atoms with E-state index in [0.717, 1.165) is 60.3 Å². The molecule has 1 aromatic heterocycles. The Kier molecular flexibility index (Phi) is 11.5. The first-order valence-electron chi connectivity index (χ1n) is 15.2. The SMILES string of the molecule is C=O.CNCCCNc1nc(Nc2cccc(C)c2)ncc1-c1ccc(NC(=O)C2(c3cccc(C(F)(F)F)c3)CCCC2)cc1. The second-order valence-corrected chi connectivity index (χ2v) is 11.2. The predicted molar refractivity (Wildman–Crippen MR) is 176 cm³/mol. The van der Waals surface area contributed by atoms with Crippen molar-refractivity contribution in [2.45, 2.75) is 50.6 Å². The maximum Gasteiger partial charge on any atom is 0.416 e. The van der Waals surface area contributed by atoms with Gasteiger partial charge < -0.3 is 26.1 Å². The molecule has 0 radical (unpaired) electrons. The average molecular weight is 633 g/mol. The van der Waals surface area contributed by atoms with E-state index in [-0.39, 0.29) is 5.91 Å². The molecule has 4 N–H and O–H groups in total. The van der Waals surface area contributed by atoms with E-state index in [2.05, 4.69) is 26.3 Å². The highest BCUT2D eigenvalue weighted by atomic mass is 19.4. The van der Waals surface area contributed by atoms with Gasteiger partial charge in [0.05, 0.1) is 11.0 Å². The molecular formula is C35H39F3N6O2. The minimum Gasteiger partial charge on any atom is -0.369 e. The average Bonchev–Trinajstić information content (AvgIpc) is 3.56. The molecule has 3 aromatic carbocycles. The van der Waals surface area contributed by atoms with Crippen LogP contribution in [0.2, 0.25) is 0 Å². The Morgan fingerprint density at radius 1 is 0.935 bits per heavy atom. The Morgan fingerprint density at radius 2 is 1.65 bits per heavy atom. The second-order valence-electron chi connectivity index (χ2n) is 11.2. The number of carbonyl (C=O) groups is 2. The largest absolute Gasteiger partial charge is 0.416 e. The number of hydrogen-bond donors (Lipinski definition) is 4. The molecular weight excluding hydrogens is 593 g/mol. The molecule has 1 saturated carbocycles. The first-order chi connectivity index (χ1) is 22.2. The lowest BCUT2D eigenvalue weighted by atomic mass is 9.77. The molecule has 1 aliphatic rings. The van der Waals surface area contributed by atoms with Crippen molar-refractivity contribution in [2.75, 3.05) is 36.1 Å². The normalized spacial score (nSPS) is 13.8. The number of rotatable bonds is 11. The lowest BCUT2D eigenvalue weighted by Crippen LogP contribution is -2.38. The third kappa shape index (κ3) is 8.28. The maximum absolute atomic E-state index is 13.7. The van der Waals surface area contributed by atoms with Gasteiger partial charge in [-0.15, -0.1) is 0 Å². The highest BCUT2D eigenvalue weighted by Gasteiger charge is 2.44.